The Kier molecular flexibility index (Phi) is 30.3. The van der Waals surface area contributed by atoms with Crippen LogP contribution in [0.1, 0.15) is 82.1 Å². The summed E-state index contributed by atoms with van der Waals surface area (Å²) in [6.07, 6.45) is 3.14. The fourth-order valence-corrected chi connectivity index (χ4v) is 11.1. The van der Waals surface area contributed by atoms with Gasteiger partial charge in [0.2, 0.25) is 57.3 Å². The van der Waals surface area contributed by atoms with Gasteiger partial charge < -0.3 is 83.4 Å². The van der Waals surface area contributed by atoms with Crippen LogP contribution in [0.15, 0.2) is 114 Å². The van der Waals surface area contributed by atoms with Crippen molar-refractivity contribution in [3.63, 3.8) is 0 Å². The van der Waals surface area contributed by atoms with Crippen molar-refractivity contribution in [2.45, 2.75) is 134 Å². The SMILES string of the molecule is CC(=O)O.CCNC(=O)[C@@H]1CCCN1C(=O)[C@H](CCCN=C(N)N)NC(=O)[C@H](CC(C)C)NC(=O)[C@@H](Cc1ccc(OC)cc1)NC(=O)[C@H](Cc1ccc(O)cc1)NC(=O)[C@H](CO)NC(=O)[C@H](Cc1c[nH]c2ccccc12)NC(=O)[C@H](COCc1ccccc1)NS(C)(=O)=O. The molecule has 1 aliphatic rings. The van der Waals surface area contributed by atoms with E-state index >= 15 is 0 Å². The number of carboxylic acid groups (broad SMARTS) is 1. The number of likely N-dealkylation sites (N-methyl/N-ethyl adjacent to an activating group) is 1. The number of aliphatic hydroxyl groups excluding tert-OH is 1. The molecule has 2 heterocycles. The minimum Gasteiger partial charge on any atom is -0.508 e. The predicted octanol–water partition coefficient (Wildman–Crippen LogP) is 0.263. The number of rotatable bonds is 35. The number of H-pyrrole nitrogens is 1. The lowest BCUT2D eigenvalue weighted by Crippen LogP contribution is -2.61. The van der Waals surface area contributed by atoms with Crippen LogP contribution in [0.2, 0.25) is 0 Å². The Balaban J connectivity index is 0.00000397. The first-order chi connectivity index (χ1) is 45.2. The predicted molar refractivity (Wildman–Crippen MR) is 353 cm³/mol. The van der Waals surface area contributed by atoms with E-state index < -0.39 is 119 Å². The van der Waals surface area contributed by atoms with Gasteiger partial charge in [-0.1, -0.05) is 86.6 Å². The molecule has 29 nitrogen and oxygen atoms in total. The number of phenolic OH excluding ortho intramolecular Hbond substituents is 1. The second kappa shape index (κ2) is 37.9. The number of nitrogens with two attached hydrogens (primary N) is 2. The number of para-hydroxylation sites is 1. The number of benzene rings is 4. The number of methoxy groups -OCH3 is 1. The zero-order chi connectivity index (χ0) is 69.8. The van der Waals surface area contributed by atoms with E-state index in [0.717, 1.165) is 18.7 Å². The summed E-state index contributed by atoms with van der Waals surface area (Å²) in [5.41, 5.74) is 14.1. The molecule has 30 heteroatoms. The number of guanidine groups is 1. The number of phenols is 1. The molecule has 8 amide bonds. The summed E-state index contributed by atoms with van der Waals surface area (Å²) in [6.45, 7) is 5.74. The Morgan fingerprint density at radius 2 is 1.21 bits per heavy atom. The summed E-state index contributed by atoms with van der Waals surface area (Å²) in [5, 5.41) is 48.0. The largest absolute Gasteiger partial charge is 0.508 e. The lowest BCUT2D eigenvalue weighted by Gasteiger charge is -2.30. The van der Waals surface area contributed by atoms with E-state index in [4.69, 9.17) is 30.8 Å². The van der Waals surface area contributed by atoms with Gasteiger partial charge in [0.05, 0.1) is 33.2 Å². The quantitative estimate of drug-likeness (QED) is 0.0147. The highest BCUT2D eigenvalue weighted by atomic mass is 32.2. The highest BCUT2D eigenvalue weighted by Gasteiger charge is 2.39. The number of sulfonamides is 1. The first kappa shape index (κ1) is 76.1. The number of aromatic nitrogens is 1. The van der Waals surface area contributed by atoms with Crippen LogP contribution in [0.5, 0.6) is 11.5 Å². The molecule has 1 aliphatic heterocycles. The average molecular weight is 1340 g/mol. The monoisotopic (exact) mass is 1340 g/mol. The van der Waals surface area contributed by atoms with Gasteiger partial charge in [0.1, 0.15) is 59.8 Å². The number of aliphatic imine (C=N–C) groups is 1. The molecule has 1 saturated heterocycles. The number of aliphatic hydroxyl groups is 1. The third-order valence-corrected chi connectivity index (χ3v) is 15.7. The van der Waals surface area contributed by atoms with Crippen LogP contribution in [0.4, 0.5) is 0 Å². The van der Waals surface area contributed by atoms with Crippen molar-refractivity contribution in [2.75, 3.05) is 46.2 Å². The maximum absolute atomic E-state index is 14.9. The van der Waals surface area contributed by atoms with Gasteiger partial charge in [-0.05, 0) is 97.5 Å². The molecule has 0 saturated carbocycles. The second-order valence-electron chi connectivity index (χ2n) is 23.2. The average Bonchev–Trinajstić information content (AvgIpc) is 1.78. The third-order valence-electron chi connectivity index (χ3n) is 14.9. The summed E-state index contributed by atoms with van der Waals surface area (Å²) in [6, 6.07) is 17.2. The molecule has 0 unspecified atom stereocenters. The van der Waals surface area contributed by atoms with Gasteiger partial charge >= 0.3 is 0 Å². The van der Waals surface area contributed by atoms with Crippen molar-refractivity contribution in [1.29, 1.82) is 0 Å². The molecule has 4 aromatic carbocycles. The molecule has 8 atom stereocenters. The van der Waals surface area contributed by atoms with E-state index in [0.29, 0.717) is 52.7 Å². The zero-order valence-corrected chi connectivity index (χ0v) is 54.9. The van der Waals surface area contributed by atoms with Crippen molar-refractivity contribution >= 4 is 80.1 Å². The number of hydrogen-bond acceptors (Lipinski definition) is 16. The van der Waals surface area contributed by atoms with E-state index in [-0.39, 0.29) is 81.8 Å². The van der Waals surface area contributed by atoms with Crippen molar-refractivity contribution in [3.05, 3.63) is 132 Å². The van der Waals surface area contributed by atoms with Gasteiger partial charge in [-0.3, -0.25) is 48.1 Å². The first-order valence-electron chi connectivity index (χ1n) is 31.0. The molecule has 6 rings (SSSR count). The van der Waals surface area contributed by atoms with Gasteiger partial charge in [-0.2, -0.15) is 0 Å². The molecule has 0 spiro atoms. The van der Waals surface area contributed by atoms with E-state index in [2.05, 4.69) is 51.9 Å². The number of aromatic amines is 1. The van der Waals surface area contributed by atoms with Crippen LogP contribution in [0.3, 0.4) is 0 Å². The molecule has 5 aromatic rings. The minimum absolute atomic E-state index is 0.0153. The summed E-state index contributed by atoms with van der Waals surface area (Å²) in [4.78, 5) is 133. The fourth-order valence-electron chi connectivity index (χ4n) is 10.4. The molecule has 1 fully saturated rings. The van der Waals surface area contributed by atoms with E-state index in [1.54, 1.807) is 92.0 Å². The van der Waals surface area contributed by atoms with Crippen LogP contribution < -0.4 is 58.1 Å². The van der Waals surface area contributed by atoms with Crippen LogP contribution in [0.25, 0.3) is 10.9 Å². The van der Waals surface area contributed by atoms with Crippen molar-refractivity contribution in [2.24, 2.45) is 22.4 Å². The molecular weight excluding hydrogens is 1250 g/mol. The topological polar surface area (TPSA) is 447 Å². The van der Waals surface area contributed by atoms with Crippen molar-refractivity contribution < 1.29 is 76.4 Å². The van der Waals surface area contributed by atoms with E-state index in [1.165, 1.54) is 36.3 Å². The van der Waals surface area contributed by atoms with Gasteiger partial charge in [-0.25, -0.2) is 13.1 Å². The molecule has 0 radical (unpaired) electrons. The standard InChI is InChI=1S/C63H85N13O14S.C2H4O2/c1-6-66-61(85)54-19-13-29-76(54)62(86)47(18-12-28-67-63(64)65)69-55(79)48(30-38(2)3)70-56(80)49(32-40-22-26-44(89-4)27-23-40)71-57(81)50(31-39-20-24-43(78)25-21-39)72-59(83)52(35-77)74-58(82)51(33-42-34-68-46-17-11-10-16-45(42)46)73-60(84)53(75-91(5,87)88)37-90-36-41-14-8-7-9-15-41;1-2(3)4/h7-11,14-17,20-27,34,38,47-54,68,75,77-78H,6,12-13,18-19,28-33,35-37H2,1-5H3,(H,66,85)(H,69,79)(H,70,80)(H,71,81)(H,72,83)(H,73,84)(H,74,82)(H4,64,65,67);1H3,(H,3,4)/t47-,48-,49+,50-,51-,52-,53-,54-;/m0./s1. The van der Waals surface area contributed by atoms with Gasteiger partial charge in [0.25, 0.3) is 5.97 Å². The molecule has 0 bridgehead atoms. The molecule has 16 N–H and O–H groups in total. The Labute approximate surface area is 551 Å². The normalized spacial score (nSPS) is 15.0. The number of nitrogens with zero attached hydrogens (tertiary/aromatic N) is 2. The van der Waals surface area contributed by atoms with Gasteiger partial charge in [0.15, 0.2) is 5.96 Å². The molecule has 516 valence electrons. The number of carbonyl (C=O) groups is 9. The smallest absolute Gasteiger partial charge is 0.300 e. The number of nitrogens with one attached hydrogen (secondary N) is 9. The first-order valence-corrected chi connectivity index (χ1v) is 32.9. The highest BCUT2D eigenvalue weighted by molar-refractivity contribution is 7.88. The zero-order valence-electron chi connectivity index (χ0n) is 54.1. The molecule has 95 heavy (non-hydrogen) atoms. The summed E-state index contributed by atoms with van der Waals surface area (Å²) in [5.74, 6) is -7.24. The third kappa shape index (κ3) is 25.6. The lowest BCUT2D eigenvalue weighted by atomic mass is 9.99. The van der Waals surface area contributed by atoms with E-state index in [1.807, 2.05) is 13.8 Å². The number of likely N-dealkylation sites (tertiary alicyclic amines) is 1. The number of aromatic hydroxyl groups is 1. The minimum atomic E-state index is -4.04. The number of ether oxygens (including phenoxy) is 2. The van der Waals surface area contributed by atoms with E-state index in [9.17, 15) is 57.0 Å². The highest BCUT2D eigenvalue weighted by Crippen LogP contribution is 2.23. The number of amides is 8. The maximum Gasteiger partial charge on any atom is 0.300 e. The molecule has 1 aromatic heterocycles. The van der Waals surface area contributed by atoms with Crippen molar-refractivity contribution in [3.8, 4) is 11.5 Å². The summed E-state index contributed by atoms with van der Waals surface area (Å²) >= 11 is 0. The number of carbonyl (C=O) groups excluding carboxylic acids is 8. The Morgan fingerprint density at radius 1 is 0.695 bits per heavy atom. The summed E-state index contributed by atoms with van der Waals surface area (Å²) < 4.78 is 38.5. The number of carboxylic acids is 1. The fraction of sp³-hybridized carbons (Fsp3) is 0.446. The number of fused-ring (bicyclic) bond motifs is 1. The molecule has 0 aliphatic carbocycles. The Hall–Kier alpha value is -9.65. The lowest BCUT2D eigenvalue weighted by molar-refractivity contribution is -0.142. The Bertz CT molecular complexity index is 3510. The van der Waals surface area contributed by atoms with Gasteiger partial charge in [0, 0.05) is 62.9 Å². The van der Waals surface area contributed by atoms with Crippen LogP contribution in [-0.2, 0) is 83.8 Å². The summed E-state index contributed by atoms with van der Waals surface area (Å²) in [7, 11) is -2.57. The van der Waals surface area contributed by atoms with Gasteiger partial charge in [-0.15, -0.1) is 0 Å². The van der Waals surface area contributed by atoms with Crippen molar-refractivity contribution in [1.82, 2.24) is 51.8 Å². The number of hydrogen-bond donors (Lipinski definition) is 14. The van der Waals surface area contributed by atoms with Crippen LogP contribution >= 0.6 is 0 Å². The second-order valence-corrected chi connectivity index (χ2v) is 24.9. The maximum atomic E-state index is 14.9. The van der Waals surface area contributed by atoms with Crippen LogP contribution in [-0.4, -0.2) is 187 Å². The number of aliphatic carboxylic acids is 1. The van der Waals surface area contributed by atoms with Crippen LogP contribution in [0, 0.1) is 5.92 Å². The Morgan fingerprint density at radius 3 is 1.77 bits per heavy atom. The molecular formula is C65H89N13O16S.